The van der Waals surface area contributed by atoms with Crippen molar-refractivity contribution in [2.75, 3.05) is 13.7 Å². The summed E-state index contributed by atoms with van der Waals surface area (Å²) in [5.41, 5.74) is 1.57. The van der Waals surface area contributed by atoms with Crippen LogP contribution in [-0.4, -0.2) is 35.7 Å². The maximum absolute atomic E-state index is 11.9. The van der Waals surface area contributed by atoms with Crippen LogP contribution >= 0.6 is 0 Å². The molecule has 5 nitrogen and oxygen atoms in total. The molecule has 1 unspecified atom stereocenters. The summed E-state index contributed by atoms with van der Waals surface area (Å²) >= 11 is 0. The van der Waals surface area contributed by atoms with Crippen LogP contribution in [0.15, 0.2) is 47.1 Å². The summed E-state index contributed by atoms with van der Waals surface area (Å²) in [6.45, 7) is 5.27. The maximum Gasteiger partial charge on any atom is 0.341 e. The number of carbonyl (C=O) groups is 1. The smallest absolute Gasteiger partial charge is 0.341 e. The van der Waals surface area contributed by atoms with Crippen molar-refractivity contribution in [1.29, 1.82) is 0 Å². The Morgan fingerprint density at radius 2 is 1.92 bits per heavy atom. The summed E-state index contributed by atoms with van der Waals surface area (Å²) in [4.78, 5) is 14.0. The number of rotatable bonds is 8. The van der Waals surface area contributed by atoms with Gasteiger partial charge in [-0.2, -0.15) is 0 Å². The fourth-order valence-electron chi connectivity index (χ4n) is 2.80. The number of furan rings is 1. The molecule has 1 heterocycles. The number of carbonyl (C=O) groups excluding carboxylic acids is 1. The summed E-state index contributed by atoms with van der Waals surface area (Å²) in [6.07, 6.45) is 1.49. The number of benzene rings is 1. The van der Waals surface area contributed by atoms with Crippen molar-refractivity contribution in [3.8, 4) is 0 Å². The van der Waals surface area contributed by atoms with E-state index in [-0.39, 0.29) is 18.6 Å². The van der Waals surface area contributed by atoms with E-state index in [2.05, 4.69) is 18.7 Å². The minimum absolute atomic E-state index is 0.0404. The first-order chi connectivity index (χ1) is 11.6. The second-order valence-electron chi connectivity index (χ2n) is 6.13. The predicted molar refractivity (Wildman–Crippen MR) is 91.4 cm³/mol. The lowest BCUT2D eigenvalue weighted by molar-refractivity contribution is 0.0581. The van der Waals surface area contributed by atoms with Crippen LogP contribution in [0.4, 0.5) is 0 Å². The molecule has 0 saturated carbocycles. The Bertz CT molecular complexity index is 636. The SMILES string of the molecule is COC(=O)c1ccoc1CN(Cc1ccccc1)C(CO)C(C)C. The van der Waals surface area contributed by atoms with Crippen LogP contribution in [0, 0.1) is 5.92 Å². The number of aliphatic hydroxyl groups is 1. The zero-order chi connectivity index (χ0) is 17.5. The van der Waals surface area contributed by atoms with Gasteiger partial charge in [-0.25, -0.2) is 4.79 Å². The van der Waals surface area contributed by atoms with Gasteiger partial charge in [0.25, 0.3) is 0 Å². The van der Waals surface area contributed by atoms with E-state index in [1.807, 2.05) is 30.3 Å². The van der Waals surface area contributed by atoms with Crippen molar-refractivity contribution in [3.63, 3.8) is 0 Å². The van der Waals surface area contributed by atoms with Gasteiger partial charge in [-0.3, -0.25) is 4.90 Å². The van der Waals surface area contributed by atoms with E-state index >= 15 is 0 Å². The molecule has 2 aromatic rings. The molecule has 0 aliphatic carbocycles. The Labute approximate surface area is 142 Å². The lowest BCUT2D eigenvalue weighted by atomic mass is 10.0. The largest absolute Gasteiger partial charge is 0.467 e. The Hall–Kier alpha value is -2.11. The average Bonchev–Trinajstić information content (AvgIpc) is 3.03. The molecular weight excluding hydrogens is 306 g/mol. The molecule has 1 aromatic carbocycles. The third-order valence-electron chi connectivity index (χ3n) is 4.15. The average molecular weight is 331 g/mol. The van der Waals surface area contributed by atoms with Crippen molar-refractivity contribution < 1.29 is 19.1 Å². The lowest BCUT2D eigenvalue weighted by Crippen LogP contribution is -2.41. The van der Waals surface area contributed by atoms with Gasteiger partial charge in [0.1, 0.15) is 11.3 Å². The number of hydrogen-bond acceptors (Lipinski definition) is 5. The molecule has 1 aromatic heterocycles. The van der Waals surface area contributed by atoms with Crippen molar-refractivity contribution in [2.45, 2.75) is 33.0 Å². The quantitative estimate of drug-likeness (QED) is 0.753. The molecule has 0 fully saturated rings. The summed E-state index contributed by atoms with van der Waals surface area (Å²) in [7, 11) is 1.35. The van der Waals surface area contributed by atoms with Gasteiger partial charge in [0.15, 0.2) is 0 Å². The van der Waals surface area contributed by atoms with E-state index in [1.165, 1.54) is 13.4 Å². The lowest BCUT2D eigenvalue weighted by Gasteiger charge is -2.32. The molecule has 2 rings (SSSR count). The first kappa shape index (κ1) is 18.2. The maximum atomic E-state index is 11.9. The number of ether oxygens (including phenoxy) is 1. The first-order valence-electron chi connectivity index (χ1n) is 8.10. The molecule has 0 bridgehead atoms. The molecular formula is C19H25NO4. The molecule has 1 N–H and O–H groups in total. The van der Waals surface area contributed by atoms with E-state index in [0.717, 1.165) is 5.56 Å². The Morgan fingerprint density at radius 1 is 1.21 bits per heavy atom. The monoisotopic (exact) mass is 331 g/mol. The van der Waals surface area contributed by atoms with Crippen molar-refractivity contribution >= 4 is 5.97 Å². The molecule has 1 atom stereocenters. The molecule has 5 heteroatoms. The Kier molecular flexibility index (Phi) is 6.58. The number of hydrogen-bond donors (Lipinski definition) is 1. The van der Waals surface area contributed by atoms with E-state index < -0.39 is 5.97 Å². The highest BCUT2D eigenvalue weighted by atomic mass is 16.5. The fraction of sp³-hybridized carbons (Fsp3) is 0.421. The van der Waals surface area contributed by atoms with Crippen molar-refractivity contribution in [2.24, 2.45) is 5.92 Å². The number of aliphatic hydroxyl groups excluding tert-OH is 1. The van der Waals surface area contributed by atoms with Crippen LogP contribution in [0.2, 0.25) is 0 Å². The topological polar surface area (TPSA) is 62.9 Å². The van der Waals surface area contributed by atoms with Crippen LogP contribution in [-0.2, 0) is 17.8 Å². The van der Waals surface area contributed by atoms with Crippen molar-refractivity contribution in [1.82, 2.24) is 4.90 Å². The molecule has 0 aliphatic rings. The second-order valence-corrected chi connectivity index (χ2v) is 6.13. The van der Waals surface area contributed by atoms with Gasteiger partial charge >= 0.3 is 5.97 Å². The zero-order valence-corrected chi connectivity index (χ0v) is 14.4. The minimum atomic E-state index is -0.413. The Morgan fingerprint density at radius 3 is 2.50 bits per heavy atom. The van der Waals surface area contributed by atoms with E-state index in [1.54, 1.807) is 6.07 Å². The number of methoxy groups -OCH3 is 1. The third-order valence-corrected chi connectivity index (χ3v) is 4.15. The van der Waals surface area contributed by atoms with Crippen LogP contribution < -0.4 is 0 Å². The van der Waals surface area contributed by atoms with Gasteiger partial charge in [-0.15, -0.1) is 0 Å². The summed E-state index contributed by atoms with van der Waals surface area (Å²) in [5, 5.41) is 9.83. The summed E-state index contributed by atoms with van der Waals surface area (Å²) in [6, 6.07) is 11.6. The third kappa shape index (κ3) is 4.46. The van der Waals surface area contributed by atoms with Gasteiger partial charge < -0.3 is 14.3 Å². The predicted octanol–water partition coefficient (Wildman–Crippen LogP) is 3.09. The van der Waals surface area contributed by atoms with Gasteiger partial charge in [-0.05, 0) is 17.5 Å². The fourth-order valence-corrected chi connectivity index (χ4v) is 2.80. The zero-order valence-electron chi connectivity index (χ0n) is 14.4. The standard InChI is InChI=1S/C19H25NO4/c1-14(2)17(13-21)20(11-15-7-5-4-6-8-15)12-18-16(9-10-24-18)19(22)23-3/h4-10,14,17,21H,11-13H2,1-3H3. The van der Waals surface area contributed by atoms with Gasteiger partial charge in [0, 0.05) is 12.6 Å². The van der Waals surface area contributed by atoms with Crippen LogP contribution in [0.25, 0.3) is 0 Å². The van der Waals surface area contributed by atoms with Gasteiger partial charge in [-0.1, -0.05) is 44.2 Å². The van der Waals surface area contributed by atoms with Gasteiger partial charge in [0.05, 0.1) is 26.5 Å². The molecule has 0 spiro atoms. The van der Waals surface area contributed by atoms with E-state index in [0.29, 0.717) is 24.4 Å². The summed E-state index contributed by atoms with van der Waals surface area (Å²) in [5.74, 6) is 0.399. The van der Waals surface area contributed by atoms with Crippen LogP contribution in [0.1, 0.15) is 35.5 Å². The highest BCUT2D eigenvalue weighted by Crippen LogP contribution is 2.21. The van der Waals surface area contributed by atoms with Gasteiger partial charge in [0.2, 0.25) is 0 Å². The summed E-state index contributed by atoms with van der Waals surface area (Å²) < 4.78 is 10.3. The highest BCUT2D eigenvalue weighted by Gasteiger charge is 2.25. The molecule has 0 radical (unpaired) electrons. The molecule has 24 heavy (non-hydrogen) atoms. The first-order valence-corrected chi connectivity index (χ1v) is 8.10. The van der Waals surface area contributed by atoms with E-state index in [4.69, 9.17) is 9.15 Å². The van der Waals surface area contributed by atoms with Crippen LogP contribution in [0.3, 0.4) is 0 Å². The molecule has 130 valence electrons. The second kappa shape index (κ2) is 8.66. The normalized spacial score (nSPS) is 12.6. The van der Waals surface area contributed by atoms with Crippen LogP contribution in [0.5, 0.6) is 0 Å². The molecule has 0 aliphatic heterocycles. The van der Waals surface area contributed by atoms with Crippen molar-refractivity contribution in [3.05, 3.63) is 59.5 Å². The Balaban J connectivity index is 2.26. The molecule has 0 saturated heterocycles. The highest BCUT2D eigenvalue weighted by molar-refractivity contribution is 5.90. The molecule has 0 amide bonds. The minimum Gasteiger partial charge on any atom is -0.467 e. The number of esters is 1. The number of nitrogens with zero attached hydrogens (tertiary/aromatic N) is 1. The van der Waals surface area contributed by atoms with E-state index in [9.17, 15) is 9.90 Å².